The number of piperazine rings is 1. The fourth-order valence-corrected chi connectivity index (χ4v) is 9.18. The summed E-state index contributed by atoms with van der Waals surface area (Å²) in [4.78, 5) is 14.4. The van der Waals surface area contributed by atoms with E-state index in [1.807, 2.05) is 24.3 Å². The highest BCUT2D eigenvalue weighted by molar-refractivity contribution is 6.02. The summed E-state index contributed by atoms with van der Waals surface area (Å²) in [6, 6.07) is 17.4. The van der Waals surface area contributed by atoms with Gasteiger partial charge in [-0.05, 0) is 79.0 Å². The number of nitrogens with one attached hydrogen (secondary N) is 1. The van der Waals surface area contributed by atoms with Crippen LogP contribution in [0.5, 0.6) is 6.01 Å². The number of aromatic nitrogens is 2. The monoisotopic (exact) mass is 625 g/mol. The zero-order valence-electron chi connectivity index (χ0n) is 26.2. The van der Waals surface area contributed by atoms with Crippen LogP contribution in [0.3, 0.4) is 0 Å². The number of hydrogen-bond donors (Lipinski definition) is 1. The Balaban J connectivity index is 1.22. The van der Waals surface area contributed by atoms with Gasteiger partial charge in [0.05, 0.1) is 5.54 Å². The molecule has 0 aliphatic carbocycles. The molecule has 2 bridgehead atoms. The number of fused-ring (bicyclic) bond motifs is 5. The third kappa shape index (κ3) is 4.85. The lowest BCUT2D eigenvalue weighted by atomic mass is 9.83. The zero-order chi connectivity index (χ0) is 30.8. The molecule has 0 unspecified atom stereocenters. The number of nitrogens with zero attached hydrogens (tertiary/aromatic N) is 4. The van der Waals surface area contributed by atoms with Crippen LogP contribution < -0.4 is 15.0 Å². The van der Waals surface area contributed by atoms with Gasteiger partial charge in [0.25, 0.3) is 0 Å². The summed E-state index contributed by atoms with van der Waals surface area (Å²) in [5.74, 6) is 0.575. The highest BCUT2D eigenvalue weighted by Crippen LogP contribution is 2.45. The van der Waals surface area contributed by atoms with Gasteiger partial charge >= 0.3 is 6.01 Å². The van der Waals surface area contributed by atoms with E-state index in [4.69, 9.17) is 19.4 Å². The summed E-state index contributed by atoms with van der Waals surface area (Å²) in [6.07, 6.45) is 5.47. The number of ether oxygens (including phenoxy) is 2. The summed E-state index contributed by atoms with van der Waals surface area (Å²) in [5, 5.41) is 6.55. The highest BCUT2D eigenvalue weighted by atomic mass is 19.1. The molecule has 4 atom stereocenters. The van der Waals surface area contributed by atoms with Crippen molar-refractivity contribution in [3.8, 4) is 17.1 Å². The van der Waals surface area contributed by atoms with Gasteiger partial charge in [-0.15, -0.1) is 0 Å². The Bertz CT molecular complexity index is 1780. The van der Waals surface area contributed by atoms with Crippen LogP contribution in [0.25, 0.3) is 32.8 Å². The minimum atomic E-state index is -0.849. The molecule has 1 aromatic heterocycles. The average molecular weight is 626 g/mol. The Morgan fingerprint density at radius 2 is 1.76 bits per heavy atom. The van der Waals surface area contributed by atoms with Crippen molar-refractivity contribution in [2.24, 2.45) is 0 Å². The van der Waals surface area contributed by atoms with Crippen LogP contribution in [0.4, 0.5) is 14.6 Å². The van der Waals surface area contributed by atoms with E-state index < -0.39 is 6.17 Å². The van der Waals surface area contributed by atoms with Crippen LogP contribution in [0.1, 0.15) is 56.4 Å². The van der Waals surface area contributed by atoms with E-state index in [0.29, 0.717) is 56.0 Å². The summed E-state index contributed by atoms with van der Waals surface area (Å²) in [6.45, 7) is 4.59. The minimum absolute atomic E-state index is 0.160. The number of rotatable bonds is 6. The number of benzene rings is 3. The molecule has 9 rings (SSSR count). The molecule has 1 N–H and O–H groups in total. The molecule has 3 aromatic carbocycles. The Kier molecular flexibility index (Phi) is 7.13. The van der Waals surface area contributed by atoms with Gasteiger partial charge in [-0.3, -0.25) is 4.90 Å². The smallest absolute Gasteiger partial charge is 0.319 e. The number of hydrogen-bond acceptors (Lipinski definition) is 7. The Hall–Kier alpha value is -3.40. The second kappa shape index (κ2) is 11.4. The fraction of sp³-hybridized carbons (Fsp3) is 0.514. The molecule has 5 saturated heterocycles. The maximum Gasteiger partial charge on any atom is 0.319 e. The normalized spacial score (nSPS) is 28.4. The summed E-state index contributed by atoms with van der Waals surface area (Å²) in [7, 11) is 0. The minimum Gasteiger partial charge on any atom is -0.461 e. The van der Waals surface area contributed by atoms with Crippen molar-refractivity contribution in [3.63, 3.8) is 0 Å². The van der Waals surface area contributed by atoms with E-state index in [0.717, 1.165) is 91.3 Å². The second-order valence-corrected chi connectivity index (χ2v) is 14.2. The van der Waals surface area contributed by atoms with Crippen LogP contribution in [0.15, 0.2) is 48.5 Å². The third-order valence-electron chi connectivity index (χ3n) is 11.4. The van der Waals surface area contributed by atoms with Gasteiger partial charge in [-0.2, -0.15) is 9.97 Å². The predicted molar refractivity (Wildman–Crippen MR) is 176 cm³/mol. The Labute approximate surface area is 268 Å². The second-order valence-electron chi connectivity index (χ2n) is 14.2. The van der Waals surface area contributed by atoms with E-state index in [-0.39, 0.29) is 23.3 Å². The lowest BCUT2D eigenvalue weighted by molar-refractivity contribution is 0.0854. The van der Waals surface area contributed by atoms with Gasteiger partial charge in [0.15, 0.2) is 5.82 Å². The first-order valence-corrected chi connectivity index (χ1v) is 17.2. The molecule has 9 heteroatoms. The van der Waals surface area contributed by atoms with Crippen molar-refractivity contribution in [1.29, 1.82) is 0 Å². The molecule has 7 nitrogen and oxygen atoms in total. The lowest BCUT2D eigenvalue weighted by Crippen LogP contribution is -2.51. The van der Waals surface area contributed by atoms with Crippen molar-refractivity contribution >= 4 is 27.5 Å². The summed E-state index contributed by atoms with van der Waals surface area (Å²) < 4.78 is 44.3. The van der Waals surface area contributed by atoms with Crippen molar-refractivity contribution in [2.75, 3.05) is 50.9 Å². The van der Waals surface area contributed by atoms with Crippen LogP contribution in [0, 0.1) is 5.82 Å². The first-order chi connectivity index (χ1) is 22.5. The van der Waals surface area contributed by atoms with Gasteiger partial charge in [-0.25, -0.2) is 8.78 Å². The molecule has 0 spiro atoms. The van der Waals surface area contributed by atoms with Crippen molar-refractivity contribution in [1.82, 2.24) is 20.2 Å². The van der Waals surface area contributed by atoms with E-state index in [2.05, 4.69) is 39.4 Å². The fourth-order valence-electron chi connectivity index (χ4n) is 9.18. The van der Waals surface area contributed by atoms with Crippen molar-refractivity contribution < 1.29 is 18.3 Å². The van der Waals surface area contributed by atoms with Gasteiger partial charge in [0.1, 0.15) is 24.1 Å². The zero-order valence-corrected chi connectivity index (χ0v) is 26.2. The van der Waals surface area contributed by atoms with Gasteiger partial charge in [0.2, 0.25) is 0 Å². The Morgan fingerprint density at radius 3 is 2.61 bits per heavy atom. The molecule has 5 fully saturated rings. The lowest BCUT2D eigenvalue weighted by Gasteiger charge is -2.35. The summed E-state index contributed by atoms with van der Waals surface area (Å²) in [5.41, 5.74) is 2.44. The molecule has 0 radical (unpaired) electrons. The number of alkyl halides is 1. The molecule has 6 heterocycles. The van der Waals surface area contributed by atoms with Gasteiger partial charge in [-0.1, -0.05) is 42.5 Å². The van der Waals surface area contributed by atoms with E-state index in [1.165, 1.54) is 0 Å². The predicted octanol–water partition coefficient (Wildman–Crippen LogP) is 6.38. The van der Waals surface area contributed by atoms with Crippen molar-refractivity contribution in [2.45, 2.75) is 74.7 Å². The number of halogens is 2. The summed E-state index contributed by atoms with van der Waals surface area (Å²) >= 11 is 0. The van der Waals surface area contributed by atoms with Crippen LogP contribution >= 0.6 is 0 Å². The van der Waals surface area contributed by atoms with Gasteiger partial charge in [0, 0.05) is 62.3 Å². The maximum atomic E-state index is 17.5. The third-order valence-corrected chi connectivity index (χ3v) is 11.4. The van der Waals surface area contributed by atoms with Crippen LogP contribution in [0.2, 0.25) is 0 Å². The molecule has 5 aliphatic rings. The van der Waals surface area contributed by atoms with Crippen molar-refractivity contribution in [3.05, 3.63) is 59.9 Å². The molecule has 46 heavy (non-hydrogen) atoms. The van der Waals surface area contributed by atoms with Gasteiger partial charge < -0.3 is 19.7 Å². The van der Waals surface area contributed by atoms with E-state index in [1.54, 1.807) is 0 Å². The highest BCUT2D eigenvalue weighted by Gasteiger charge is 2.49. The maximum absolute atomic E-state index is 17.5. The molecular formula is C37H41F2N5O2. The molecule has 0 amide bonds. The van der Waals surface area contributed by atoms with E-state index in [9.17, 15) is 4.39 Å². The first-order valence-electron chi connectivity index (χ1n) is 17.2. The van der Waals surface area contributed by atoms with E-state index >= 15 is 4.39 Å². The molecule has 4 aromatic rings. The topological polar surface area (TPSA) is 62.8 Å². The first kappa shape index (κ1) is 28.8. The number of anilines is 1. The molecular weight excluding hydrogens is 584 g/mol. The molecule has 240 valence electrons. The molecule has 5 aliphatic heterocycles. The quantitative estimate of drug-likeness (QED) is 0.267. The molecule has 0 saturated carbocycles. The van der Waals surface area contributed by atoms with Crippen LogP contribution in [-0.4, -0.2) is 84.7 Å². The largest absolute Gasteiger partial charge is 0.461 e. The Morgan fingerprint density at radius 1 is 0.957 bits per heavy atom. The standard InChI is InChI=1S/C37H41F2N5O2/c38-25-18-37(13-4-14-44(37)19-25)22-46-36-41-34-31(35(42-36)43-20-26-9-10-27(21-43)40-26)17-30(24-11-15-45-16-12-24)32(33(34)39)29-8-3-6-23-5-1-2-7-28(23)29/h1-3,5-8,17,24-27,40H,4,9-16,18-22H2/t25-,26-,27+,37+/m1/s1. The van der Waals surface area contributed by atoms with Crippen LogP contribution in [-0.2, 0) is 4.74 Å². The average Bonchev–Trinajstić information content (AvgIpc) is 3.73. The SMILES string of the molecule is Fc1c(-c2cccc3ccccc23)c(C2CCOCC2)cc2c(N3C[C@H]4CC[C@@H](C3)N4)nc(OC[C@@]34CCCN3C[C@H](F)C4)nc12.